The molecule has 0 aliphatic carbocycles. The van der Waals surface area contributed by atoms with E-state index in [1.165, 1.54) is 13.0 Å². The standard InChI is InChI=1S/C13H13F2NO2/c1-10(17)16-9-5-4-7-11-6-2-3-8-12(11)18-13(14)15/h2-3,6,8,13H,5,9H2,1H3,(H,16,17). The zero-order valence-electron chi connectivity index (χ0n) is 9.87. The zero-order valence-corrected chi connectivity index (χ0v) is 9.87. The number of carbonyl (C=O) groups is 1. The summed E-state index contributed by atoms with van der Waals surface area (Å²) in [5.74, 6) is 5.44. The summed E-state index contributed by atoms with van der Waals surface area (Å²) >= 11 is 0. The molecule has 1 aromatic carbocycles. The second-order valence-corrected chi connectivity index (χ2v) is 3.41. The highest BCUT2D eigenvalue weighted by Gasteiger charge is 2.06. The normalized spacial score (nSPS) is 9.56. The van der Waals surface area contributed by atoms with E-state index in [1.807, 2.05) is 0 Å². The predicted octanol–water partition coefficient (Wildman–Crippen LogP) is 2.17. The Kier molecular flexibility index (Phi) is 5.65. The summed E-state index contributed by atoms with van der Waals surface area (Å²) in [5, 5.41) is 2.59. The fraction of sp³-hybridized carbons (Fsp3) is 0.308. The summed E-state index contributed by atoms with van der Waals surface area (Å²) in [7, 11) is 0. The van der Waals surface area contributed by atoms with Gasteiger partial charge in [0.25, 0.3) is 0 Å². The van der Waals surface area contributed by atoms with Crippen molar-refractivity contribution in [1.29, 1.82) is 0 Å². The Hall–Kier alpha value is -2.09. The molecule has 0 aromatic heterocycles. The number of halogens is 2. The molecule has 0 unspecified atom stereocenters. The van der Waals surface area contributed by atoms with Crippen LogP contribution in [0.15, 0.2) is 24.3 Å². The number of hydrogen-bond donors (Lipinski definition) is 1. The molecule has 0 saturated carbocycles. The van der Waals surface area contributed by atoms with Crippen molar-refractivity contribution in [3.8, 4) is 17.6 Å². The van der Waals surface area contributed by atoms with Crippen LogP contribution in [0.3, 0.4) is 0 Å². The van der Waals surface area contributed by atoms with Crippen LogP contribution in [0.25, 0.3) is 0 Å². The largest absolute Gasteiger partial charge is 0.434 e. The molecule has 0 aliphatic heterocycles. The lowest BCUT2D eigenvalue weighted by atomic mass is 10.2. The van der Waals surface area contributed by atoms with Gasteiger partial charge >= 0.3 is 6.61 Å². The third-order valence-corrected chi connectivity index (χ3v) is 1.95. The topological polar surface area (TPSA) is 38.3 Å². The fourth-order valence-corrected chi connectivity index (χ4v) is 1.23. The van der Waals surface area contributed by atoms with Gasteiger partial charge in [-0.2, -0.15) is 8.78 Å². The van der Waals surface area contributed by atoms with Gasteiger partial charge < -0.3 is 10.1 Å². The first-order valence-corrected chi connectivity index (χ1v) is 5.36. The van der Waals surface area contributed by atoms with Crippen molar-refractivity contribution >= 4 is 5.91 Å². The van der Waals surface area contributed by atoms with Crippen LogP contribution in [-0.4, -0.2) is 19.1 Å². The molecule has 1 amide bonds. The Morgan fingerprint density at radius 2 is 2.17 bits per heavy atom. The Bertz CT molecular complexity index is 464. The molecule has 3 nitrogen and oxygen atoms in total. The van der Waals surface area contributed by atoms with Crippen LogP contribution in [-0.2, 0) is 4.79 Å². The van der Waals surface area contributed by atoms with Crippen molar-refractivity contribution in [2.45, 2.75) is 20.0 Å². The maximum absolute atomic E-state index is 12.1. The average Bonchev–Trinajstić information content (AvgIpc) is 2.29. The van der Waals surface area contributed by atoms with E-state index in [1.54, 1.807) is 18.2 Å². The molecule has 1 rings (SSSR count). The summed E-state index contributed by atoms with van der Waals surface area (Å²) in [4.78, 5) is 10.6. The Morgan fingerprint density at radius 3 is 2.83 bits per heavy atom. The molecular formula is C13H13F2NO2. The van der Waals surface area contributed by atoms with Crippen LogP contribution >= 0.6 is 0 Å². The molecule has 0 spiro atoms. The number of rotatable bonds is 4. The van der Waals surface area contributed by atoms with Gasteiger partial charge in [-0.3, -0.25) is 4.79 Å². The van der Waals surface area contributed by atoms with E-state index in [4.69, 9.17) is 0 Å². The van der Waals surface area contributed by atoms with E-state index in [9.17, 15) is 13.6 Å². The summed E-state index contributed by atoms with van der Waals surface area (Å²) in [6.07, 6.45) is 0.447. The number of ether oxygens (including phenoxy) is 1. The second kappa shape index (κ2) is 7.28. The number of amides is 1. The van der Waals surface area contributed by atoms with Crippen LogP contribution in [0.5, 0.6) is 5.75 Å². The van der Waals surface area contributed by atoms with Gasteiger partial charge in [-0.25, -0.2) is 0 Å². The molecule has 0 fully saturated rings. The molecular weight excluding hydrogens is 240 g/mol. The zero-order chi connectivity index (χ0) is 13.4. The van der Waals surface area contributed by atoms with Crippen molar-refractivity contribution in [1.82, 2.24) is 5.32 Å². The first-order valence-electron chi connectivity index (χ1n) is 5.36. The Labute approximate surface area is 104 Å². The van der Waals surface area contributed by atoms with E-state index in [-0.39, 0.29) is 11.7 Å². The highest BCUT2D eigenvalue weighted by Crippen LogP contribution is 2.18. The smallest absolute Gasteiger partial charge is 0.387 e. The van der Waals surface area contributed by atoms with Crippen LogP contribution in [0.1, 0.15) is 18.9 Å². The number of alkyl halides is 2. The van der Waals surface area contributed by atoms with Crippen molar-refractivity contribution in [3.63, 3.8) is 0 Å². The molecule has 18 heavy (non-hydrogen) atoms. The first-order chi connectivity index (χ1) is 8.59. The van der Waals surface area contributed by atoms with Gasteiger partial charge in [0.05, 0.1) is 5.56 Å². The monoisotopic (exact) mass is 253 g/mol. The fourth-order valence-electron chi connectivity index (χ4n) is 1.23. The summed E-state index contributed by atoms with van der Waals surface area (Å²) in [6, 6.07) is 6.32. The quantitative estimate of drug-likeness (QED) is 0.659. The Balaban J connectivity index is 2.60. The van der Waals surface area contributed by atoms with E-state index in [0.29, 0.717) is 18.5 Å². The highest BCUT2D eigenvalue weighted by atomic mass is 19.3. The third kappa shape index (κ3) is 5.30. The van der Waals surface area contributed by atoms with E-state index in [2.05, 4.69) is 21.9 Å². The molecule has 0 bridgehead atoms. The van der Waals surface area contributed by atoms with Gasteiger partial charge in [0.1, 0.15) is 5.75 Å². The van der Waals surface area contributed by atoms with Crippen molar-refractivity contribution in [2.75, 3.05) is 6.54 Å². The lowest BCUT2D eigenvalue weighted by Crippen LogP contribution is -2.20. The number of carbonyl (C=O) groups excluding carboxylic acids is 1. The van der Waals surface area contributed by atoms with Gasteiger partial charge in [-0.15, -0.1) is 0 Å². The third-order valence-electron chi connectivity index (χ3n) is 1.95. The van der Waals surface area contributed by atoms with Crippen LogP contribution in [0.4, 0.5) is 8.78 Å². The average molecular weight is 253 g/mol. The molecule has 0 saturated heterocycles. The molecule has 5 heteroatoms. The van der Waals surface area contributed by atoms with Gasteiger partial charge in [0.15, 0.2) is 0 Å². The van der Waals surface area contributed by atoms with Gasteiger partial charge in [0.2, 0.25) is 5.91 Å². The van der Waals surface area contributed by atoms with Crippen LogP contribution in [0, 0.1) is 11.8 Å². The van der Waals surface area contributed by atoms with E-state index >= 15 is 0 Å². The molecule has 0 atom stereocenters. The summed E-state index contributed by atoms with van der Waals surface area (Å²) in [6.45, 7) is -1.02. The minimum absolute atomic E-state index is 0.0551. The first kappa shape index (κ1) is 14.0. The van der Waals surface area contributed by atoms with Gasteiger partial charge in [-0.1, -0.05) is 24.0 Å². The van der Waals surface area contributed by atoms with Gasteiger partial charge in [-0.05, 0) is 12.1 Å². The number of benzene rings is 1. The lowest BCUT2D eigenvalue weighted by Gasteiger charge is -2.05. The maximum atomic E-state index is 12.1. The molecule has 1 aromatic rings. The lowest BCUT2D eigenvalue weighted by molar-refractivity contribution is -0.118. The van der Waals surface area contributed by atoms with Crippen molar-refractivity contribution < 1.29 is 18.3 Å². The number of nitrogens with one attached hydrogen (secondary N) is 1. The van der Waals surface area contributed by atoms with Crippen LogP contribution in [0.2, 0.25) is 0 Å². The van der Waals surface area contributed by atoms with Crippen molar-refractivity contribution in [2.24, 2.45) is 0 Å². The number of hydrogen-bond acceptors (Lipinski definition) is 2. The molecule has 1 N–H and O–H groups in total. The minimum Gasteiger partial charge on any atom is -0.434 e. The molecule has 0 heterocycles. The maximum Gasteiger partial charge on any atom is 0.387 e. The predicted molar refractivity (Wildman–Crippen MR) is 63.3 cm³/mol. The summed E-state index contributed by atoms with van der Waals surface area (Å²) in [5.41, 5.74) is 0.403. The Morgan fingerprint density at radius 1 is 1.44 bits per heavy atom. The number of para-hydroxylation sites is 1. The highest BCUT2D eigenvalue weighted by molar-refractivity contribution is 5.72. The van der Waals surface area contributed by atoms with Crippen molar-refractivity contribution in [3.05, 3.63) is 29.8 Å². The molecule has 0 aliphatic rings. The molecule has 96 valence electrons. The van der Waals surface area contributed by atoms with E-state index in [0.717, 1.165) is 0 Å². The van der Waals surface area contributed by atoms with E-state index < -0.39 is 6.61 Å². The summed E-state index contributed by atoms with van der Waals surface area (Å²) < 4.78 is 28.6. The minimum atomic E-state index is -2.87. The SMILES string of the molecule is CC(=O)NCCC#Cc1ccccc1OC(F)F. The molecule has 0 radical (unpaired) electrons. The van der Waals surface area contributed by atoms with Crippen LogP contribution < -0.4 is 10.1 Å². The van der Waals surface area contributed by atoms with Gasteiger partial charge in [0, 0.05) is 19.9 Å². The second-order valence-electron chi connectivity index (χ2n) is 3.41.